The van der Waals surface area contributed by atoms with Crippen LogP contribution < -0.4 is 5.32 Å². The minimum Gasteiger partial charge on any atom is -0.481 e. The number of carbonyl (C=O) groups is 1. The van der Waals surface area contributed by atoms with Crippen LogP contribution in [0.25, 0.3) is 0 Å². The number of aliphatic carboxylic acids is 1. The molecule has 0 heterocycles. The maximum atomic E-state index is 11.0. The topological polar surface area (TPSA) is 92.5 Å². The molecule has 0 amide bonds. The van der Waals surface area contributed by atoms with Gasteiger partial charge in [0, 0.05) is 18.5 Å². The molecule has 1 aromatic carbocycles. The molecule has 6 heteroatoms. The second kappa shape index (κ2) is 7.35. The number of benzene rings is 1. The second-order valence-corrected chi connectivity index (χ2v) is 4.36. The Hall–Kier alpha value is -2.11. The number of nitro groups is 1. The Bertz CT molecular complexity index is 460. The minimum atomic E-state index is -0.790. The number of hydrogen-bond donors (Lipinski definition) is 2. The van der Waals surface area contributed by atoms with Crippen LogP contribution in [0.5, 0.6) is 0 Å². The van der Waals surface area contributed by atoms with Gasteiger partial charge < -0.3 is 10.4 Å². The fourth-order valence-electron chi connectivity index (χ4n) is 1.85. The van der Waals surface area contributed by atoms with Gasteiger partial charge in [0.1, 0.15) is 5.69 Å². The number of nitro benzene ring substituents is 1. The highest BCUT2D eigenvalue weighted by atomic mass is 16.6. The lowest BCUT2D eigenvalue weighted by atomic mass is 10.1. The first-order valence-corrected chi connectivity index (χ1v) is 6.22. The minimum absolute atomic E-state index is 0.105. The van der Waals surface area contributed by atoms with E-state index in [2.05, 4.69) is 5.32 Å². The summed E-state index contributed by atoms with van der Waals surface area (Å²) in [7, 11) is 0. The van der Waals surface area contributed by atoms with E-state index >= 15 is 0 Å². The van der Waals surface area contributed by atoms with Crippen LogP contribution in [0.3, 0.4) is 0 Å². The molecule has 0 bridgehead atoms. The highest BCUT2D eigenvalue weighted by molar-refractivity contribution is 5.66. The van der Waals surface area contributed by atoms with Gasteiger partial charge in [-0.25, -0.2) is 0 Å². The molecule has 0 saturated carbocycles. The van der Waals surface area contributed by atoms with Crippen molar-refractivity contribution in [2.24, 2.45) is 0 Å². The average Bonchev–Trinajstić information content (AvgIpc) is 2.32. The quantitative estimate of drug-likeness (QED) is 0.428. The Balaban J connectivity index is 2.43. The monoisotopic (exact) mass is 266 g/mol. The smallest absolute Gasteiger partial charge is 0.303 e. The van der Waals surface area contributed by atoms with Crippen molar-refractivity contribution in [1.29, 1.82) is 0 Å². The van der Waals surface area contributed by atoms with E-state index in [9.17, 15) is 14.9 Å². The molecule has 6 nitrogen and oxygen atoms in total. The Morgan fingerprint density at radius 3 is 2.74 bits per heavy atom. The summed E-state index contributed by atoms with van der Waals surface area (Å²) >= 11 is 0. The summed E-state index contributed by atoms with van der Waals surface area (Å²) in [4.78, 5) is 20.9. The summed E-state index contributed by atoms with van der Waals surface area (Å²) in [6.45, 7) is 2.31. The molecule has 0 unspecified atom stereocenters. The number of aryl methyl sites for hydroxylation is 1. The third-order valence-electron chi connectivity index (χ3n) is 2.80. The van der Waals surface area contributed by atoms with Gasteiger partial charge in [-0.05, 0) is 25.8 Å². The fraction of sp³-hybridized carbons (Fsp3) is 0.462. The predicted octanol–water partition coefficient (Wildman–Crippen LogP) is 2.96. The van der Waals surface area contributed by atoms with Gasteiger partial charge in [-0.15, -0.1) is 0 Å². The Morgan fingerprint density at radius 1 is 1.37 bits per heavy atom. The number of hydrogen-bond acceptors (Lipinski definition) is 4. The number of rotatable bonds is 8. The van der Waals surface area contributed by atoms with Crippen molar-refractivity contribution in [3.05, 3.63) is 33.9 Å². The zero-order chi connectivity index (χ0) is 14.3. The molecule has 0 radical (unpaired) electrons. The van der Waals surface area contributed by atoms with E-state index in [-0.39, 0.29) is 17.0 Å². The molecule has 2 N–H and O–H groups in total. The summed E-state index contributed by atoms with van der Waals surface area (Å²) in [6.07, 6.45) is 2.38. The third-order valence-corrected chi connectivity index (χ3v) is 2.80. The normalized spacial score (nSPS) is 10.2. The molecule has 104 valence electrons. The summed E-state index contributed by atoms with van der Waals surface area (Å²) in [6, 6.07) is 5.16. The molecule has 1 rings (SSSR count). The SMILES string of the molecule is Cc1cccc(NCCCCCC(=O)O)c1[N+](=O)[O-]. The van der Waals surface area contributed by atoms with Gasteiger partial charge in [0.05, 0.1) is 4.92 Å². The van der Waals surface area contributed by atoms with Crippen LogP contribution in [0.4, 0.5) is 11.4 Å². The average molecular weight is 266 g/mol. The van der Waals surface area contributed by atoms with Crippen molar-refractivity contribution in [3.8, 4) is 0 Å². The fourth-order valence-corrected chi connectivity index (χ4v) is 1.85. The highest BCUT2D eigenvalue weighted by Gasteiger charge is 2.15. The van der Waals surface area contributed by atoms with E-state index in [1.807, 2.05) is 0 Å². The maximum absolute atomic E-state index is 11.0. The number of carboxylic acids is 1. The molecule has 0 aliphatic heterocycles. The van der Waals surface area contributed by atoms with Crippen LogP contribution in [0.15, 0.2) is 18.2 Å². The summed E-state index contributed by atoms with van der Waals surface area (Å²) < 4.78 is 0. The first kappa shape index (κ1) is 14.9. The molecule has 0 aromatic heterocycles. The standard InChI is InChI=1S/C13H18N2O4/c1-10-6-5-7-11(13(10)15(18)19)14-9-4-2-3-8-12(16)17/h5-7,14H,2-4,8-9H2,1H3,(H,16,17). The zero-order valence-electron chi connectivity index (χ0n) is 10.9. The van der Waals surface area contributed by atoms with Crippen LogP contribution in [-0.2, 0) is 4.79 Å². The van der Waals surface area contributed by atoms with Gasteiger partial charge in [0.15, 0.2) is 0 Å². The lowest BCUT2D eigenvalue weighted by Crippen LogP contribution is -2.05. The molecule has 0 aliphatic rings. The van der Waals surface area contributed by atoms with E-state index in [0.717, 1.165) is 12.8 Å². The molecular formula is C13H18N2O4. The largest absolute Gasteiger partial charge is 0.481 e. The number of unbranched alkanes of at least 4 members (excludes halogenated alkanes) is 2. The lowest BCUT2D eigenvalue weighted by Gasteiger charge is -2.08. The van der Waals surface area contributed by atoms with Crippen LogP contribution in [0, 0.1) is 17.0 Å². The molecule has 0 fully saturated rings. The van der Waals surface area contributed by atoms with Gasteiger partial charge in [-0.3, -0.25) is 14.9 Å². The number of nitrogens with zero attached hydrogens (tertiary/aromatic N) is 1. The van der Waals surface area contributed by atoms with Gasteiger partial charge in [-0.2, -0.15) is 0 Å². The zero-order valence-corrected chi connectivity index (χ0v) is 10.9. The Morgan fingerprint density at radius 2 is 2.11 bits per heavy atom. The van der Waals surface area contributed by atoms with Crippen molar-refractivity contribution in [2.45, 2.75) is 32.6 Å². The van der Waals surface area contributed by atoms with Crippen LogP contribution in [-0.4, -0.2) is 22.5 Å². The van der Waals surface area contributed by atoms with Gasteiger partial charge >= 0.3 is 5.97 Å². The molecule has 0 saturated heterocycles. The van der Waals surface area contributed by atoms with Crippen LogP contribution in [0.2, 0.25) is 0 Å². The van der Waals surface area contributed by atoms with E-state index < -0.39 is 5.97 Å². The number of carboxylic acid groups (broad SMARTS) is 1. The molecule has 0 spiro atoms. The van der Waals surface area contributed by atoms with Crippen molar-refractivity contribution < 1.29 is 14.8 Å². The summed E-state index contributed by atoms with van der Waals surface area (Å²) in [5.74, 6) is -0.790. The van der Waals surface area contributed by atoms with Crippen LogP contribution in [0.1, 0.15) is 31.2 Å². The van der Waals surface area contributed by atoms with E-state index in [1.54, 1.807) is 25.1 Å². The number of nitrogens with one attached hydrogen (secondary N) is 1. The number of anilines is 1. The van der Waals surface area contributed by atoms with E-state index in [1.165, 1.54) is 0 Å². The van der Waals surface area contributed by atoms with E-state index in [4.69, 9.17) is 5.11 Å². The molecular weight excluding hydrogens is 248 g/mol. The molecule has 1 aromatic rings. The molecule has 19 heavy (non-hydrogen) atoms. The Labute approximate surface area is 111 Å². The summed E-state index contributed by atoms with van der Waals surface area (Å²) in [5, 5.41) is 22.5. The first-order valence-electron chi connectivity index (χ1n) is 6.22. The van der Waals surface area contributed by atoms with E-state index in [0.29, 0.717) is 24.2 Å². The predicted molar refractivity (Wildman–Crippen MR) is 72.4 cm³/mol. The van der Waals surface area contributed by atoms with Crippen LogP contribution >= 0.6 is 0 Å². The van der Waals surface area contributed by atoms with Gasteiger partial charge in [0.2, 0.25) is 0 Å². The first-order chi connectivity index (χ1) is 9.02. The maximum Gasteiger partial charge on any atom is 0.303 e. The summed E-state index contributed by atoms with van der Waals surface area (Å²) in [5.41, 5.74) is 1.25. The van der Waals surface area contributed by atoms with Crippen molar-refractivity contribution in [2.75, 3.05) is 11.9 Å². The molecule has 0 atom stereocenters. The van der Waals surface area contributed by atoms with Crippen molar-refractivity contribution >= 4 is 17.3 Å². The Kier molecular flexibility index (Phi) is 5.78. The molecule has 0 aliphatic carbocycles. The highest BCUT2D eigenvalue weighted by Crippen LogP contribution is 2.27. The van der Waals surface area contributed by atoms with Crippen molar-refractivity contribution in [1.82, 2.24) is 0 Å². The van der Waals surface area contributed by atoms with Gasteiger partial charge in [-0.1, -0.05) is 18.6 Å². The number of para-hydroxylation sites is 1. The third kappa shape index (κ3) is 4.95. The second-order valence-electron chi connectivity index (χ2n) is 4.36. The van der Waals surface area contributed by atoms with Crippen molar-refractivity contribution in [3.63, 3.8) is 0 Å². The lowest BCUT2D eigenvalue weighted by molar-refractivity contribution is -0.384. The van der Waals surface area contributed by atoms with Gasteiger partial charge in [0.25, 0.3) is 5.69 Å².